The first kappa shape index (κ1) is 13.9. The number of hydrogen-bond acceptors (Lipinski definition) is 3. The molecule has 0 aliphatic heterocycles. The molecule has 0 fully saturated rings. The van der Waals surface area contributed by atoms with Gasteiger partial charge >= 0.3 is 0 Å². The van der Waals surface area contributed by atoms with Gasteiger partial charge in [-0.1, -0.05) is 11.6 Å². The van der Waals surface area contributed by atoms with E-state index >= 15 is 0 Å². The van der Waals surface area contributed by atoms with Crippen LogP contribution in [0, 0.1) is 6.92 Å². The van der Waals surface area contributed by atoms with Crippen LogP contribution in [0.15, 0.2) is 12.1 Å². The quantitative estimate of drug-likeness (QED) is 0.841. The molecule has 0 atom stereocenters. The average Bonchev–Trinajstić information content (AvgIpc) is 2.14. The molecule has 1 N–H and O–H groups in total. The molecule has 0 unspecified atom stereocenters. The minimum Gasteiger partial charge on any atom is -0.382 e. The fourth-order valence-corrected chi connectivity index (χ4v) is 1.79. The van der Waals surface area contributed by atoms with Crippen molar-refractivity contribution >= 4 is 17.5 Å². The van der Waals surface area contributed by atoms with Crippen molar-refractivity contribution in [2.75, 3.05) is 13.7 Å². The number of rotatable bonds is 4. The van der Waals surface area contributed by atoms with Crippen LogP contribution in [0.25, 0.3) is 0 Å². The summed E-state index contributed by atoms with van der Waals surface area (Å²) in [4.78, 5) is 16.0. The summed E-state index contributed by atoms with van der Waals surface area (Å²) in [7, 11) is 1.60. The van der Waals surface area contributed by atoms with Crippen molar-refractivity contribution in [3.8, 4) is 0 Å². The zero-order valence-corrected chi connectivity index (χ0v) is 11.3. The predicted octanol–water partition coefficient (Wildman–Crippen LogP) is 2.20. The minimum absolute atomic E-state index is 0.181. The van der Waals surface area contributed by atoms with Crippen LogP contribution in [0.1, 0.15) is 29.9 Å². The van der Waals surface area contributed by atoms with E-state index in [1.54, 1.807) is 26.2 Å². The number of amides is 1. The van der Waals surface area contributed by atoms with Gasteiger partial charge in [0, 0.05) is 18.4 Å². The summed E-state index contributed by atoms with van der Waals surface area (Å²) in [6, 6.07) is 3.25. The van der Waals surface area contributed by atoms with Gasteiger partial charge in [-0.15, -0.1) is 0 Å². The largest absolute Gasteiger partial charge is 0.382 e. The summed E-state index contributed by atoms with van der Waals surface area (Å²) in [6.07, 6.45) is 0. The second-order valence-corrected chi connectivity index (χ2v) is 4.98. The molecule has 0 spiro atoms. The minimum atomic E-state index is -0.421. The molecule has 0 bridgehead atoms. The van der Waals surface area contributed by atoms with Gasteiger partial charge in [0.15, 0.2) is 0 Å². The van der Waals surface area contributed by atoms with Gasteiger partial charge < -0.3 is 10.1 Å². The summed E-state index contributed by atoms with van der Waals surface area (Å²) < 4.78 is 5.04. The molecule has 0 aliphatic carbocycles. The molecule has 0 radical (unpaired) electrons. The molecule has 4 nitrogen and oxygen atoms in total. The number of nitrogens with one attached hydrogen (secondary N) is 1. The van der Waals surface area contributed by atoms with Crippen molar-refractivity contribution in [3.05, 3.63) is 28.5 Å². The number of carbonyl (C=O) groups excluding carboxylic acids is 1. The maximum atomic E-state index is 12.0. The molecule has 5 heteroatoms. The number of nitrogens with zero attached hydrogens (tertiary/aromatic N) is 1. The van der Waals surface area contributed by atoms with Gasteiger partial charge in [-0.2, -0.15) is 0 Å². The zero-order chi connectivity index (χ0) is 13.1. The topological polar surface area (TPSA) is 51.2 Å². The van der Waals surface area contributed by atoms with E-state index in [0.717, 1.165) is 0 Å². The number of hydrogen-bond donors (Lipinski definition) is 1. The third kappa shape index (κ3) is 4.32. The molecule has 0 saturated carbocycles. The Balaban J connectivity index is 2.83. The third-order valence-electron chi connectivity index (χ3n) is 2.14. The van der Waals surface area contributed by atoms with Gasteiger partial charge in [-0.3, -0.25) is 4.79 Å². The Hall–Kier alpha value is -1.13. The van der Waals surface area contributed by atoms with Crippen molar-refractivity contribution in [1.29, 1.82) is 0 Å². The van der Waals surface area contributed by atoms with Crippen molar-refractivity contribution in [1.82, 2.24) is 10.3 Å². The number of aromatic nitrogens is 1. The van der Waals surface area contributed by atoms with Crippen molar-refractivity contribution in [3.63, 3.8) is 0 Å². The monoisotopic (exact) mass is 256 g/mol. The average molecular weight is 257 g/mol. The first-order valence-electron chi connectivity index (χ1n) is 5.30. The number of carbonyl (C=O) groups is 1. The van der Waals surface area contributed by atoms with Crippen LogP contribution in [0.2, 0.25) is 5.15 Å². The molecular weight excluding hydrogens is 240 g/mol. The van der Waals surface area contributed by atoms with E-state index in [-0.39, 0.29) is 5.91 Å². The summed E-state index contributed by atoms with van der Waals surface area (Å²) in [5.74, 6) is -0.181. The molecule has 1 aromatic heterocycles. The molecule has 1 rings (SSSR count). The number of pyridine rings is 1. The Labute approximate surface area is 106 Å². The Kier molecular flexibility index (Phi) is 4.48. The number of aryl methyl sites for hydroxylation is 1. The Bertz CT molecular complexity index is 399. The zero-order valence-electron chi connectivity index (χ0n) is 10.5. The summed E-state index contributed by atoms with van der Waals surface area (Å²) >= 11 is 5.81. The summed E-state index contributed by atoms with van der Waals surface area (Å²) in [5, 5.41) is 3.20. The maximum absolute atomic E-state index is 12.0. The van der Waals surface area contributed by atoms with Crippen LogP contribution in [0.5, 0.6) is 0 Å². The standard InChI is InChI=1S/C12H17ClN2O2/c1-8-5-9(6-10(13)14-8)11(16)15-12(2,3)7-17-4/h5-6H,7H2,1-4H3,(H,15,16). The molecule has 94 valence electrons. The lowest BCUT2D eigenvalue weighted by Crippen LogP contribution is -2.46. The second kappa shape index (κ2) is 5.47. The first-order valence-corrected chi connectivity index (χ1v) is 5.67. The Morgan fingerprint density at radius 2 is 2.18 bits per heavy atom. The highest BCUT2D eigenvalue weighted by Crippen LogP contribution is 2.12. The molecular formula is C12H17ClN2O2. The van der Waals surface area contributed by atoms with Crippen LogP contribution in [-0.4, -0.2) is 30.1 Å². The van der Waals surface area contributed by atoms with Crippen LogP contribution in [0.4, 0.5) is 0 Å². The van der Waals surface area contributed by atoms with Crippen molar-refractivity contribution in [2.24, 2.45) is 0 Å². The van der Waals surface area contributed by atoms with E-state index in [1.165, 1.54) is 0 Å². The Morgan fingerprint density at radius 1 is 1.53 bits per heavy atom. The van der Waals surface area contributed by atoms with E-state index in [4.69, 9.17) is 16.3 Å². The van der Waals surface area contributed by atoms with Gasteiger partial charge in [0.25, 0.3) is 5.91 Å². The van der Waals surface area contributed by atoms with Gasteiger partial charge in [-0.05, 0) is 32.9 Å². The van der Waals surface area contributed by atoms with Crippen molar-refractivity contribution in [2.45, 2.75) is 26.3 Å². The molecule has 1 aromatic rings. The number of ether oxygens (including phenoxy) is 1. The van der Waals surface area contributed by atoms with E-state index in [1.807, 2.05) is 13.8 Å². The Morgan fingerprint density at radius 3 is 2.71 bits per heavy atom. The molecule has 0 aromatic carbocycles. The van der Waals surface area contributed by atoms with Gasteiger partial charge in [-0.25, -0.2) is 4.98 Å². The highest BCUT2D eigenvalue weighted by molar-refractivity contribution is 6.29. The van der Waals surface area contributed by atoms with E-state index in [0.29, 0.717) is 23.0 Å². The summed E-state index contributed by atoms with van der Waals surface area (Å²) in [6.45, 7) is 6.02. The number of methoxy groups -OCH3 is 1. The van der Waals surface area contributed by atoms with E-state index in [9.17, 15) is 4.79 Å². The van der Waals surface area contributed by atoms with Crippen LogP contribution < -0.4 is 5.32 Å². The third-order valence-corrected chi connectivity index (χ3v) is 2.34. The number of halogens is 1. The predicted molar refractivity (Wildman–Crippen MR) is 67.4 cm³/mol. The van der Waals surface area contributed by atoms with Gasteiger partial charge in [0.1, 0.15) is 5.15 Å². The normalized spacial score (nSPS) is 11.4. The van der Waals surface area contributed by atoms with E-state index < -0.39 is 5.54 Å². The van der Waals surface area contributed by atoms with Crippen LogP contribution in [0.3, 0.4) is 0 Å². The summed E-state index contributed by atoms with van der Waals surface area (Å²) in [5.41, 5.74) is 0.800. The van der Waals surface area contributed by atoms with Gasteiger partial charge in [0.05, 0.1) is 12.1 Å². The second-order valence-electron chi connectivity index (χ2n) is 4.59. The fraction of sp³-hybridized carbons (Fsp3) is 0.500. The van der Waals surface area contributed by atoms with Gasteiger partial charge in [0.2, 0.25) is 0 Å². The fourth-order valence-electron chi connectivity index (χ4n) is 1.54. The lowest BCUT2D eigenvalue weighted by atomic mass is 10.1. The highest BCUT2D eigenvalue weighted by atomic mass is 35.5. The maximum Gasteiger partial charge on any atom is 0.251 e. The molecule has 17 heavy (non-hydrogen) atoms. The molecule has 0 saturated heterocycles. The van der Waals surface area contributed by atoms with Crippen LogP contribution >= 0.6 is 11.6 Å². The molecule has 1 amide bonds. The highest BCUT2D eigenvalue weighted by Gasteiger charge is 2.21. The SMILES string of the molecule is COCC(C)(C)NC(=O)c1cc(C)nc(Cl)c1. The first-order chi connectivity index (χ1) is 7.84. The lowest BCUT2D eigenvalue weighted by molar-refractivity contribution is 0.0820. The molecule has 0 aliphatic rings. The van der Waals surface area contributed by atoms with Crippen molar-refractivity contribution < 1.29 is 9.53 Å². The smallest absolute Gasteiger partial charge is 0.251 e. The lowest BCUT2D eigenvalue weighted by Gasteiger charge is -2.25. The van der Waals surface area contributed by atoms with E-state index in [2.05, 4.69) is 10.3 Å². The molecule has 1 heterocycles. The van der Waals surface area contributed by atoms with Crippen LogP contribution in [-0.2, 0) is 4.74 Å².